The van der Waals surface area contributed by atoms with Gasteiger partial charge in [-0.1, -0.05) is 0 Å². The Morgan fingerprint density at radius 2 is 1.66 bits per heavy atom. The molecule has 178 valence electrons. The molecule has 3 aromatic rings. The van der Waals surface area contributed by atoms with Crippen molar-refractivity contribution >= 4 is 40.8 Å². The molecule has 5 amide bonds. The Kier molecular flexibility index (Phi) is 6.48. The van der Waals surface area contributed by atoms with Crippen LogP contribution in [-0.4, -0.2) is 56.4 Å². The standard InChI is InChI=1S/C22H19N7O6/c30-19(10-11-27-20(31)13-23-22(27)33)24-14-1-3-15(4-2-14)25-21(32)18-9-12-28(26-18)16-5-7-17(8-6-16)29(34)35/h1-9,12H,10-11,13H2,(H,23,33)(H,24,30)(H,25,32). The van der Waals surface area contributed by atoms with Crippen molar-refractivity contribution in [3.63, 3.8) is 0 Å². The second-order valence-corrected chi connectivity index (χ2v) is 7.45. The molecule has 0 unspecified atom stereocenters. The number of carbonyl (C=O) groups is 4. The van der Waals surface area contributed by atoms with E-state index in [1.54, 1.807) is 30.5 Å². The first-order valence-corrected chi connectivity index (χ1v) is 10.4. The van der Waals surface area contributed by atoms with E-state index in [0.29, 0.717) is 17.1 Å². The van der Waals surface area contributed by atoms with Gasteiger partial charge in [0.15, 0.2) is 5.69 Å². The summed E-state index contributed by atoms with van der Waals surface area (Å²) in [6.07, 6.45) is 1.52. The molecule has 1 aliphatic rings. The number of carbonyl (C=O) groups excluding carboxylic acids is 4. The van der Waals surface area contributed by atoms with Gasteiger partial charge in [0.05, 0.1) is 17.2 Å². The van der Waals surface area contributed by atoms with Crippen LogP contribution in [0.2, 0.25) is 0 Å². The van der Waals surface area contributed by atoms with Crippen molar-refractivity contribution in [1.29, 1.82) is 0 Å². The number of nitro groups is 1. The number of amides is 5. The molecule has 4 rings (SSSR count). The van der Waals surface area contributed by atoms with Crippen LogP contribution < -0.4 is 16.0 Å². The molecule has 0 spiro atoms. The van der Waals surface area contributed by atoms with Crippen molar-refractivity contribution in [2.45, 2.75) is 6.42 Å². The van der Waals surface area contributed by atoms with Crippen molar-refractivity contribution in [1.82, 2.24) is 20.0 Å². The van der Waals surface area contributed by atoms with E-state index in [9.17, 15) is 29.3 Å². The number of imide groups is 1. The van der Waals surface area contributed by atoms with Crippen LogP contribution in [0.5, 0.6) is 0 Å². The van der Waals surface area contributed by atoms with Crippen molar-refractivity contribution in [2.24, 2.45) is 0 Å². The average Bonchev–Trinajstić information content (AvgIpc) is 3.46. The van der Waals surface area contributed by atoms with E-state index in [2.05, 4.69) is 21.0 Å². The maximum absolute atomic E-state index is 12.5. The lowest BCUT2D eigenvalue weighted by molar-refractivity contribution is -0.384. The van der Waals surface area contributed by atoms with Gasteiger partial charge in [0.25, 0.3) is 11.6 Å². The summed E-state index contributed by atoms with van der Waals surface area (Å²) in [4.78, 5) is 58.9. The highest BCUT2D eigenvalue weighted by Gasteiger charge is 2.28. The van der Waals surface area contributed by atoms with Gasteiger partial charge < -0.3 is 16.0 Å². The fourth-order valence-corrected chi connectivity index (χ4v) is 3.27. The molecule has 0 bridgehead atoms. The topological polar surface area (TPSA) is 169 Å². The zero-order valence-corrected chi connectivity index (χ0v) is 18.1. The second kappa shape index (κ2) is 9.82. The third-order valence-corrected chi connectivity index (χ3v) is 5.07. The monoisotopic (exact) mass is 477 g/mol. The Bertz CT molecular complexity index is 1280. The lowest BCUT2D eigenvalue weighted by Crippen LogP contribution is -2.33. The minimum atomic E-state index is -0.513. The van der Waals surface area contributed by atoms with Crippen molar-refractivity contribution in [3.8, 4) is 5.69 Å². The number of nitrogens with zero attached hydrogens (tertiary/aromatic N) is 4. The number of nitro benzene ring substituents is 1. The summed E-state index contributed by atoms with van der Waals surface area (Å²) in [5.41, 5.74) is 1.60. The van der Waals surface area contributed by atoms with Gasteiger partial charge in [-0.3, -0.25) is 29.4 Å². The molecular formula is C22H19N7O6. The van der Waals surface area contributed by atoms with Gasteiger partial charge >= 0.3 is 6.03 Å². The van der Waals surface area contributed by atoms with Gasteiger partial charge in [0.1, 0.15) is 0 Å². The average molecular weight is 477 g/mol. The quantitative estimate of drug-likeness (QED) is 0.253. The Hall–Kier alpha value is -5.07. The Morgan fingerprint density at radius 3 is 2.26 bits per heavy atom. The summed E-state index contributed by atoms with van der Waals surface area (Å²) in [6.45, 7) is -0.0813. The molecule has 0 radical (unpaired) electrons. The SMILES string of the molecule is O=C(CCN1C(=O)CNC1=O)Nc1ccc(NC(=O)c2ccn(-c3ccc([N+](=O)[O-])cc3)n2)cc1. The normalized spacial score (nSPS) is 12.9. The van der Waals surface area contributed by atoms with Crippen LogP contribution in [0.15, 0.2) is 60.8 Å². The molecule has 0 aliphatic carbocycles. The molecule has 0 saturated carbocycles. The molecule has 13 nitrogen and oxygen atoms in total. The molecule has 2 heterocycles. The van der Waals surface area contributed by atoms with Crippen LogP contribution in [-0.2, 0) is 9.59 Å². The molecule has 35 heavy (non-hydrogen) atoms. The number of urea groups is 1. The summed E-state index contributed by atoms with van der Waals surface area (Å²) in [5, 5.41) is 22.7. The molecule has 3 N–H and O–H groups in total. The zero-order chi connectivity index (χ0) is 24.9. The van der Waals surface area contributed by atoms with Crippen molar-refractivity contribution in [2.75, 3.05) is 23.7 Å². The van der Waals surface area contributed by atoms with Crippen LogP contribution in [0.4, 0.5) is 21.9 Å². The predicted molar refractivity (Wildman–Crippen MR) is 123 cm³/mol. The number of rotatable bonds is 8. The number of hydrogen-bond acceptors (Lipinski definition) is 7. The van der Waals surface area contributed by atoms with E-state index in [-0.39, 0.29) is 42.7 Å². The predicted octanol–water partition coefficient (Wildman–Crippen LogP) is 1.91. The van der Waals surface area contributed by atoms with Crippen LogP contribution in [0.3, 0.4) is 0 Å². The third-order valence-electron chi connectivity index (χ3n) is 5.07. The van der Waals surface area contributed by atoms with Crippen molar-refractivity contribution < 1.29 is 24.1 Å². The molecular weight excluding hydrogens is 458 g/mol. The van der Waals surface area contributed by atoms with E-state index in [1.165, 1.54) is 35.0 Å². The highest BCUT2D eigenvalue weighted by molar-refractivity contribution is 6.03. The lowest BCUT2D eigenvalue weighted by atomic mass is 10.2. The van der Waals surface area contributed by atoms with Gasteiger partial charge in [-0.2, -0.15) is 5.10 Å². The minimum Gasteiger partial charge on any atom is -0.329 e. The molecule has 2 aromatic carbocycles. The zero-order valence-electron chi connectivity index (χ0n) is 18.1. The Balaban J connectivity index is 1.30. The first-order valence-electron chi connectivity index (χ1n) is 10.4. The van der Waals surface area contributed by atoms with Gasteiger partial charge in [0.2, 0.25) is 11.8 Å². The molecule has 1 fully saturated rings. The highest BCUT2D eigenvalue weighted by atomic mass is 16.6. The third kappa shape index (κ3) is 5.47. The number of non-ortho nitro benzene ring substituents is 1. The van der Waals surface area contributed by atoms with E-state index < -0.39 is 16.9 Å². The van der Waals surface area contributed by atoms with Gasteiger partial charge in [-0.05, 0) is 42.5 Å². The van der Waals surface area contributed by atoms with Gasteiger partial charge in [-0.25, -0.2) is 9.48 Å². The molecule has 1 saturated heterocycles. The minimum absolute atomic E-state index is 0.0167. The Morgan fingerprint density at radius 1 is 1.00 bits per heavy atom. The van der Waals surface area contributed by atoms with Gasteiger partial charge in [0, 0.05) is 42.7 Å². The number of aromatic nitrogens is 2. The first kappa shape index (κ1) is 23.1. The summed E-state index contributed by atoms with van der Waals surface area (Å²) < 4.78 is 1.43. The summed E-state index contributed by atoms with van der Waals surface area (Å²) >= 11 is 0. The van der Waals surface area contributed by atoms with Crippen LogP contribution in [0, 0.1) is 10.1 Å². The van der Waals surface area contributed by atoms with E-state index in [0.717, 1.165) is 4.90 Å². The largest absolute Gasteiger partial charge is 0.329 e. The maximum Gasteiger partial charge on any atom is 0.324 e. The Labute approximate surface area is 197 Å². The van der Waals surface area contributed by atoms with Crippen LogP contribution >= 0.6 is 0 Å². The van der Waals surface area contributed by atoms with Crippen LogP contribution in [0.1, 0.15) is 16.9 Å². The smallest absolute Gasteiger partial charge is 0.324 e. The molecule has 1 aliphatic heterocycles. The first-order chi connectivity index (χ1) is 16.8. The maximum atomic E-state index is 12.5. The molecule has 1 aromatic heterocycles. The lowest BCUT2D eigenvalue weighted by Gasteiger charge is -2.12. The molecule has 0 atom stereocenters. The number of hydrogen-bond donors (Lipinski definition) is 3. The molecule has 13 heteroatoms. The van der Waals surface area contributed by atoms with Gasteiger partial charge in [-0.15, -0.1) is 0 Å². The fraction of sp³-hybridized carbons (Fsp3) is 0.136. The van der Waals surface area contributed by atoms with Crippen LogP contribution in [0.25, 0.3) is 5.69 Å². The van der Waals surface area contributed by atoms with E-state index >= 15 is 0 Å². The summed E-state index contributed by atoms with van der Waals surface area (Å²) in [6, 6.07) is 13.1. The second-order valence-electron chi connectivity index (χ2n) is 7.45. The number of benzene rings is 2. The number of anilines is 2. The fourth-order valence-electron chi connectivity index (χ4n) is 3.27. The van der Waals surface area contributed by atoms with E-state index in [4.69, 9.17) is 0 Å². The summed E-state index contributed by atoms with van der Waals surface area (Å²) in [7, 11) is 0. The summed E-state index contributed by atoms with van der Waals surface area (Å²) in [5.74, 6) is -1.21. The van der Waals surface area contributed by atoms with Crippen molar-refractivity contribution in [3.05, 3.63) is 76.6 Å². The number of nitrogens with one attached hydrogen (secondary N) is 3. The van der Waals surface area contributed by atoms with E-state index in [1.807, 2.05) is 0 Å². The highest BCUT2D eigenvalue weighted by Crippen LogP contribution is 2.17.